The first kappa shape index (κ1) is 17.6. The summed E-state index contributed by atoms with van der Waals surface area (Å²) in [5.41, 5.74) is 1.85. The largest absolute Gasteiger partial charge is 0.506 e. The summed E-state index contributed by atoms with van der Waals surface area (Å²) >= 11 is 6.80. The number of carbonyl (C=O) groups is 2. The van der Waals surface area contributed by atoms with Crippen LogP contribution in [0.3, 0.4) is 0 Å². The van der Waals surface area contributed by atoms with Gasteiger partial charge in [-0.2, -0.15) is 0 Å². The lowest BCUT2D eigenvalue weighted by atomic mass is 10.1. The van der Waals surface area contributed by atoms with Gasteiger partial charge in [0.1, 0.15) is 5.75 Å². The molecule has 3 rings (SSSR count). The lowest BCUT2D eigenvalue weighted by molar-refractivity contribution is -0.122. The second-order valence-electron chi connectivity index (χ2n) is 5.63. The molecule has 1 N–H and O–H groups in total. The van der Waals surface area contributed by atoms with E-state index < -0.39 is 0 Å². The second kappa shape index (κ2) is 7.76. The van der Waals surface area contributed by atoms with Crippen molar-refractivity contribution < 1.29 is 14.7 Å². The first-order chi connectivity index (χ1) is 12.0. The van der Waals surface area contributed by atoms with Crippen molar-refractivity contribution in [3.63, 3.8) is 0 Å². The van der Waals surface area contributed by atoms with Gasteiger partial charge in [0.15, 0.2) is 0 Å². The van der Waals surface area contributed by atoms with Crippen molar-refractivity contribution >= 4 is 40.6 Å². The van der Waals surface area contributed by atoms with E-state index in [2.05, 4.69) is 0 Å². The van der Waals surface area contributed by atoms with Gasteiger partial charge < -0.3 is 5.11 Å². The molecular formula is C19H16ClNO3S. The molecule has 0 radical (unpaired) electrons. The zero-order chi connectivity index (χ0) is 17.8. The molecule has 0 aliphatic carbocycles. The van der Waals surface area contributed by atoms with Crippen LogP contribution in [0.25, 0.3) is 6.08 Å². The number of phenolic OH excluding ortho intramolecular Hbond substituents is 1. The number of rotatable bonds is 5. The van der Waals surface area contributed by atoms with E-state index in [4.69, 9.17) is 11.6 Å². The Morgan fingerprint density at radius 1 is 1.12 bits per heavy atom. The molecule has 0 spiro atoms. The highest BCUT2D eigenvalue weighted by atomic mass is 35.5. The van der Waals surface area contributed by atoms with E-state index in [-0.39, 0.29) is 21.9 Å². The number of aromatic hydroxyl groups is 1. The number of hydrogen-bond donors (Lipinski definition) is 1. The van der Waals surface area contributed by atoms with Crippen LogP contribution in [-0.4, -0.2) is 27.7 Å². The molecule has 1 aliphatic heterocycles. The fourth-order valence-corrected chi connectivity index (χ4v) is 3.60. The summed E-state index contributed by atoms with van der Waals surface area (Å²) in [6.07, 6.45) is 3.16. The minimum Gasteiger partial charge on any atom is -0.506 e. The third kappa shape index (κ3) is 4.24. The molecule has 1 aliphatic rings. The zero-order valence-corrected chi connectivity index (χ0v) is 14.9. The third-order valence-corrected chi connectivity index (χ3v) is 5.04. The van der Waals surface area contributed by atoms with Gasteiger partial charge in [-0.3, -0.25) is 14.5 Å². The van der Waals surface area contributed by atoms with E-state index in [0.29, 0.717) is 17.0 Å². The molecule has 128 valence electrons. The van der Waals surface area contributed by atoms with Gasteiger partial charge in [0, 0.05) is 6.54 Å². The minimum absolute atomic E-state index is 0.0205. The molecule has 2 aromatic carbocycles. The monoisotopic (exact) mass is 373 g/mol. The molecule has 0 saturated carbocycles. The molecule has 1 heterocycles. The number of benzene rings is 2. The predicted octanol–water partition coefficient (Wildman–Crippen LogP) is 4.71. The first-order valence-corrected chi connectivity index (χ1v) is 9.02. The Hall–Kier alpha value is -2.24. The van der Waals surface area contributed by atoms with E-state index >= 15 is 0 Å². The van der Waals surface area contributed by atoms with Crippen molar-refractivity contribution in [2.24, 2.45) is 0 Å². The van der Waals surface area contributed by atoms with Crippen LogP contribution in [-0.2, 0) is 11.2 Å². The standard InChI is InChI=1S/C19H16ClNO3S/c20-15-11-14(8-9-16(15)22)12-17-18(23)21(19(24)25-17)10-4-7-13-5-2-1-3-6-13/h1-3,5-6,8-9,11-12,22H,4,7,10H2/b17-12+. The summed E-state index contributed by atoms with van der Waals surface area (Å²) in [4.78, 5) is 26.2. The number of thioether (sulfide) groups is 1. The Morgan fingerprint density at radius 3 is 2.60 bits per heavy atom. The normalized spacial score (nSPS) is 16.0. The Bertz CT molecular complexity index is 836. The van der Waals surface area contributed by atoms with Crippen LogP contribution < -0.4 is 0 Å². The summed E-state index contributed by atoms with van der Waals surface area (Å²) < 4.78 is 0. The topological polar surface area (TPSA) is 57.6 Å². The number of amides is 2. The molecule has 2 aromatic rings. The maximum Gasteiger partial charge on any atom is 0.293 e. The van der Waals surface area contributed by atoms with Gasteiger partial charge in [-0.1, -0.05) is 48.0 Å². The molecule has 0 bridgehead atoms. The van der Waals surface area contributed by atoms with Crippen molar-refractivity contribution in [1.82, 2.24) is 4.90 Å². The first-order valence-electron chi connectivity index (χ1n) is 7.82. The maximum atomic E-state index is 12.4. The average Bonchev–Trinajstić information content (AvgIpc) is 2.86. The van der Waals surface area contributed by atoms with Gasteiger partial charge in [-0.15, -0.1) is 0 Å². The molecule has 1 fully saturated rings. The fraction of sp³-hybridized carbons (Fsp3) is 0.158. The fourth-order valence-electron chi connectivity index (χ4n) is 2.54. The van der Waals surface area contributed by atoms with Crippen LogP contribution in [0.15, 0.2) is 53.4 Å². The highest BCUT2D eigenvalue weighted by Gasteiger charge is 2.34. The van der Waals surface area contributed by atoms with E-state index in [9.17, 15) is 14.7 Å². The second-order valence-corrected chi connectivity index (χ2v) is 7.03. The number of carbonyl (C=O) groups excluding carboxylic acids is 2. The number of nitrogens with zero attached hydrogens (tertiary/aromatic N) is 1. The van der Waals surface area contributed by atoms with Gasteiger partial charge in [0.2, 0.25) is 0 Å². The smallest absolute Gasteiger partial charge is 0.293 e. The van der Waals surface area contributed by atoms with E-state index in [1.54, 1.807) is 18.2 Å². The lowest BCUT2D eigenvalue weighted by Crippen LogP contribution is -2.29. The molecule has 25 heavy (non-hydrogen) atoms. The van der Waals surface area contributed by atoms with Gasteiger partial charge in [-0.25, -0.2) is 0 Å². The Labute approximate surface area is 155 Å². The molecule has 6 heteroatoms. The minimum atomic E-state index is -0.285. The predicted molar refractivity (Wildman–Crippen MR) is 101 cm³/mol. The summed E-state index contributed by atoms with van der Waals surface area (Å²) in [7, 11) is 0. The van der Waals surface area contributed by atoms with Crippen molar-refractivity contribution in [2.75, 3.05) is 6.54 Å². The molecular weight excluding hydrogens is 358 g/mol. The third-order valence-electron chi connectivity index (χ3n) is 3.83. The van der Waals surface area contributed by atoms with Crippen LogP contribution in [0.5, 0.6) is 5.75 Å². The lowest BCUT2D eigenvalue weighted by Gasteiger charge is -2.12. The Kier molecular flexibility index (Phi) is 5.46. The quantitative estimate of drug-likeness (QED) is 0.771. The van der Waals surface area contributed by atoms with Crippen LogP contribution in [0, 0.1) is 0 Å². The number of imide groups is 1. The van der Waals surface area contributed by atoms with E-state index in [1.807, 2.05) is 30.3 Å². The maximum absolute atomic E-state index is 12.4. The molecule has 2 amide bonds. The van der Waals surface area contributed by atoms with E-state index in [0.717, 1.165) is 24.6 Å². The Balaban J connectivity index is 1.65. The van der Waals surface area contributed by atoms with Crippen LogP contribution >= 0.6 is 23.4 Å². The Morgan fingerprint density at radius 2 is 1.88 bits per heavy atom. The summed E-state index contributed by atoms with van der Waals surface area (Å²) in [5.74, 6) is -0.305. The number of halogens is 1. The van der Waals surface area contributed by atoms with Crippen molar-refractivity contribution in [3.05, 3.63) is 69.6 Å². The van der Waals surface area contributed by atoms with E-state index in [1.165, 1.54) is 16.5 Å². The SMILES string of the molecule is O=C1S/C(=C/c2ccc(O)c(Cl)c2)C(=O)N1CCCc1ccccc1. The molecule has 1 saturated heterocycles. The van der Waals surface area contributed by atoms with Crippen LogP contribution in [0.1, 0.15) is 17.5 Å². The number of aryl methyl sites for hydroxylation is 1. The highest BCUT2D eigenvalue weighted by molar-refractivity contribution is 8.18. The summed E-state index contributed by atoms with van der Waals surface area (Å²) in [6.45, 7) is 0.396. The number of hydrogen-bond acceptors (Lipinski definition) is 4. The van der Waals surface area contributed by atoms with Gasteiger partial charge >= 0.3 is 0 Å². The average molecular weight is 374 g/mol. The summed E-state index contributed by atoms with van der Waals surface area (Å²) in [6, 6.07) is 14.6. The molecule has 0 unspecified atom stereocenters. The van der Waals surface area contributed by atoms with Crippen molar-refractivity contribution in [1.29, 1.82) is 0 Å². The van der Waals surface area contributed by atoms with Crippen LogP contribution in [0.4, 0.5) is 4.79 Å². The highest BCUT2D eigenvalue weighted by Crippen LogP contribution is 2.33. The summed E-state index contributed by atoms with van der Waals surface area (Å²) in [5, 5.41) is 9.39. The molecule has 4 nitrogen and oxygen atoms in total. The van der Waals surface area contributed by atoms with Gasteiger partial charge in [-0.05, 0) is 53.9 Å². The van der Waals surface area contributed by atoms with Crippen molar-refractivity contribution in [3.8, 4) is 5.75 Å². The molecule has 0 atom stereocenters. The van der Waals surface area contributed by atoms with Crippen LogP contribution in [0.2, 0.25) is 5.02 Å². The molecule has 0 aromatic heterocycles. The zero-order valence-electron chi connectivity index (χ0n) is 13.3. The van der Waals surface area contributed by atoms with Gasteiger partial charge in [0.05, 0.1) is 9.93 Å². The van der Waals surface area contributed by atoms with Crippen molar-refractivity contribution in [2.45, 2.75) is 12.8 Å². The van der Waals surface area contributed by atoms with Gasteiger partial charge in [0.25, 0.3) is 11.1 Å². The number of phenols is 1.